The number of benzene rings is 1. The number of piperidine rings is 1. The fourth-order valence-corrected chi connectivity index (χ4v) is 4.30. The molecule has 6 heteroatoms. The molecule has 1 unspecified atom stereocenters. The van der Waals surface area contributed by atoms with E-state index in [1.54, 1.807) is 12.1 Å². The smallest absolute Gasteiger partial charge is 0.410 e. The summed E-state index contributed by atoms with van der Waals surface area (Å²) in [6.07, 6.45) is 5.32. The zero-order valence-corrected chi connectivity index (χ0v) is 15.8. The van der Waals surface area contributed by atoms with Crippen LogP contribution in [0.15, 0.2) is 18.2 Å². The molecule has 0 radical (unpaired) electrons. The molecular weight excluding hydrogens is 355 g/mol. The Hall–Kier alpha value is -1.33. The average Bonchev–Trinajstić information content (AvgIpc) is 3.36. The highest BCUT2D eigenvalue weighted by Crippen LogP contribution is 2.31. The van der Waals surface area contributed by atoms with E-state index >= 15 is 0 Å². The quantitative estimate of drug-likeness (QED) is 0.748. The van der Waals surface area contributed by atoms with Crippen molar-refractivity contribution in [1.29, 1.82) is 0 Å². The van der Waals surface area contributed by atoms with Crippen LogP contribution in [-0.4, -0.2) is 54.7 Å². The third-order valence-corrected chi connectivity index (χ3v) is 6.18. The topological polar surface area (TPSA) is 32.8 Å². The molecule has 2 saturated heterocycles. The number of cyclic esters (lactones) is 1. The predicted octanol–water partition coefficient (Wildman–Crippen LogP) is 3.96. The zero-order valence-electron chi connectivity index (χ0n) is 15.0. The van der Waals surface area contributed by atoms with Crippen LogP contribution in [0.25, 0.3) is 0 Å². The molecule has 1 amide bonds. The minimum absolute atomic E-state index is 0.00420. The minimum atomic E-state index is -0.222. The molecule has 1 aliphatic carbocycles. The molecule has 3 aliphatic rings. The van der Waals surface area contributed by atoms with Crippen LogP contribution in [0.2, 0.25) is 5.02 Å². The molecule has 142 valence electrons. The molecule has 2 aliphatic heterocycles. The average molecular weight is 381 g/mol. The van der Waals surface area contributed by atoms with Gasteiger partial charge in [-0.3, -0.25) is 4.90 Å². The highest BCUT2D eigenvalue weighted by atomic mass is 35.5. The summed E-state index contributed by atoms with van der Waals surface area (Å²) in [5.74, 6) is 1.01. The number of nitrogens with zero attached hydrogens (tertiary/aromatic N) is 2. The number of rotatable bonds is 6. The van der Waals surface area contributed by atoms with Gasteiger partial charge in [0.25, 0.3) is 0 Å². The molecule has 26 heavy (non-hydrogen) atoms. The van der Waals surface area contributed by atoms with Crippen molar-refractivity contribution in [2.45, 2.75) is 38.2 Å². The highest BCUT2D eigenvalue weighted by Gasteiger charge is 2.36. The van der Waals surface area contributed by atoms with Crippen molar-refractivity contribution in [3.63, 3.8) is 0 Å². The van der Waals surface area contributed by atoms with Crippen molar-refractivity contribution in [1.82, 2.24) is 9.80 Å². The van der Waals surface area contributed by atoms with Gasteiger partial charge in [-0.15, -0.1) is 0 Å². The van der Waals surface area contributed by atoms with E-state index in [9.17, 15) is 9.18 Å². The van der Waals surface area contributed by atoms with Crippen molar-refractivity contribution >= 4 is 17.7 Å². The van der Waals surface area contributed by atoms with Crippen molar-refractivity contribution < 1.29 is 13.9 Å². The Balaban J connectivity index is 1.22. The van der Waals surface area contributed by atoms with Crippen molar-refractivity contribution in [3.05, 3.63) is 34.6 Å². The highest BCUT2D eigenvalue weighted by molar-refractivity contribution is 6.31. The Labute approximate surface area is 159 Å². The maximum absolute atomic E-state index is 13.4. The van der Waals surface area contributed by atoms with Crippen molar-refractivity contribution in [3.8, 4) is 0 Å². The van der Waals surface area contributed by atoms with Crippen LogP contribution in [0.4, 0.5) is 9.18 Å². The van der Waals surface area contributed by atoms with E-state index in [2.05, 4.69) is 4.90 Å². The fourth-order valence-electron chi connectivity index (χ4n) is 4.10. The first-order valence-corrected chi connectivity index (χ1v) is 10.1. The van der Waals surface area contributed by atoms with E-state index in [1.165, 1.54) is 18.9 Å². The maximum atomic E-state index is 13.4. The van der Waals surface area contributed by atoms with Gasteiger partial charge < -0.3 is 9.64 Å². The number of ether oxygens (including phenoxy) is 1. The summed E-state index contributed by atoms with van der Waals surface area (Å²) in [5.41, 5.74) is 0.908. The SMILES string of the molecule is O=C1OC(CN2CCC(Cc3cc(F)ccc3Cl)CC2)CN1CC1CC1. The largest absolute Gasteiger partial charge is 0.443 e. The van der Waals surface area contributed by atoms with E-state index in [1.807, 2.05) is 4.90 Å². The molecular formula is C20H26ClFN2O2. The number of likely N-dealkylation sites (tertiary alicyclic amines) is 1. The minimum Gasteiger partial charge on any atom is -0.443 e. The van der Waals surface area contributed by atoms with Crippen LogP contribution in [-0.2, 0) is 11.2 Å². The number of carbonyl (C=O) groups is 1. The Morgan fingerprint density at radius 1 is 1.12 bits per heavy atom. The summed E-state index contributed by atoms with van der Waals surface area (Å²) in [4.78, 5) is 16.2. The Morgan fingerprint density at radius 3 is 2.62 bits per heavy atom. The van der Waals surface area contributed by atoms with Gasteiger partial charge in [0, 0.05) is 18.1 Å². The predicted molar refractivity (Wildman–Crippen MR) is 98.8 cm³/mol. The second kappa shape index (κ2) is 7.73. The molecule has 1 aromatic carbocycles. The summed E-state index contributed by atoms with van der Waals surface area (Å²) in [7, 11) is 0. The first kappa shape index (κ1) is 18.1. The molecule has 4 nitrogen and oxygen atoms in total. The van der Waals surface area contributed by atoms with Gasteiger partial charge >= 0.3 is 6.09 Å². The fraction of sp³-hybridized carbons (Fsp3) is 0.650. The molecule has 3 fully saturated rings. The number of hydrogen-bond acceptors (Lipinski definition) is 3. The van der Waals surface area contributed by atoms with Gasteiger partial charge in [-0.05, 0) is 80.8 Å². The molecule has 4 rings (SSSR count). The van der Waals surface area contributed by atoms with E-state index < -0.39 is 0 Å². The normalized spacial score (nSPS) is 24.9. The third-order valence-electron chi connectivity index (χ3n) is 5.81. The maximum Gasteiger partial charge on any atom is 0.410 e. The Bertz CT molecular complexity index is 659. The van der Waals surface area contributed by atoms with Crippen LogP contribution in [0, 0.1) is 17.7 Å². The van der Waals surface area contributed by atoms with E-state index in [0.29, 0.717) is 16.9 Å². The molecule has 2 heterocycles. The van der Waals surface area contributed by atoms with Gasteiger partial charge in [0.1, 0.15) is 11.9 Å². The lowest BCUT2D eigenvalue weighted by Crippen LogP contribution is -2.40. The Morgan fingerprint density at radius 2 is 1.88 bits per heavy atom. The lowest BCUT2D eigenvalue weighted by atomic mass is 9.90. The van der Waals surface area contributed by atoms with Gasteiger partial charge in [0.15, 0.2) is 0 Å². The van der Waals surface area contributed by atoms with Gasteiger partial charge in [-0.1, -0.05) is 11.6 Å². The molecule has 0 aromatic heterocycles. The number of amides is 1. The second-order valence-corrected chi connectivity index (χ2v) is 8.45. The Kier molecular flexibility index (Phi) is 5.37. The molecule has 1 saturated carbocycles. The molecule has 1 aromatic rings. The van der Waals surface area contributed by atoms with Gasteiger partial charge in [0.2, 0.25) is 0 Å². The molecule has 0 spiro atoms. The summed E-state index contributed by atoms with van der Waals surface area (Å²) < 4.78 is 19.0. The van der Waals surface area contributed by atoms with E-state index in [4.69, 9.17) is 16.3 Å². The van der Waals surface area contributed by atoms with Crippen LogP contribution < -0.4 is 0 Å². The summed E-state index contributed by atoms with van der Waals surface area (Å²) in [5, 5.41) is 0.655. The zero-order chi connectivity index (χ0) is 18.1. The lowest BCUT2D eigenvalue weighted by Gasteiger charge is -2.33. The first-order chi connectivity index (χ1) is 12.6. The molecule has 1 atom stereocenters. The van der Waals surface area contributed by atoms with Crippen LogP contribution in [0.1, 0.15) is 31.2 Å². The number of carbonyl (C=O) groups excluding carboxylic acids is 1. The number of halogens is 2. The van der Waals surface area contributed by atoms with Crippen LogP contribution in [0.3, 0.4) is 0 Å². The van der Waals surface area contributed by atoms with E-state index in [0.717, 1.165) is 57.5 Å². The third kappa shape index (κ3) is 4.49. The monoisotopic (exact) mass is 380 g/mol. The van der Waals surface area contributed by atoms with Gasteiger partial charge in [-0.2, -0.15) is 0 Å². The van der Waals surface area contributed by atoms with E-state index in [-0.39, 0.29) is 18.0 Å². The summed E-state index contributed by atoms with van der Waals surface area (Å²) >= 11 is 6.19. The van der Waals surface area contributed by atoms with Crippen molar-refractivity contribution in [2.24, 2.45) is 11.8 Å². The summed E-state index contributed by atoms with van der Waals surface area (Å²) in [6.45, 7) is 4.41. The van der Waals surface area contributed by atoms with Gasteiger partial charge in [-0.25, -0.2) is 9.18 Å². The second-order valence-electron chi connectivity index (χ2n) is 8.04. The molecule has 0 bridgehead atoms. The van der Waals surface area contributed by atoms with Gasteiger partial charge in [0.05, 0.1) is 6.54 Å². The lowest BCUT2D eigenvalue weighted by molar-refractivity contribution is 0.0904. The van der Waals surface area contributed by atoms with Crippen LogP contribution >= 0.6 is 11.6 Å². The molecule has 0 N–H and O–H groups in total. The van der Waals surface area contributed by atoms with Crippen LogP contribution in [0.5, 0.6) is 0 Å². The first-order valence-electron chi connectivity index (χ1n) is 9.68. The standard InChI is InChI=1S/C20H26ClFN2O2/c21-19-4-3-17(22)10-16(19)9-14-5-7-23(8-6-14)12-18-13-24(20(25)26-18)11-15-1-2-15/h3-4,10,14-15,18H,1-2,5-9,11-13H2. The van der Waals surface area contributed by atoms with Crippen molar-refractivity contribution in [2.75, 3.05) is 32.7 Å². The number of hydrogen-bond donors (Lipinski definition) is 0. The summed E-state index contributed by atoms with van der Waals surface area (Å²) in [6, 6.07) is 4.61.